The Kier molecular flexibility index (Phi) is 3.25. The first-order chi connectivity index (χ1) is 3.06. The maximum Gasteiger partial charge on any atom is 0.485 e. The molecule has 0 N–H and O–H groups in total. The molecular formula is CHCl3O2P+. The van der Waals surface area contributed by atoms with E-state index in [0.29, 0.717) is 0 Å². The Morgan fingerprint density at radius 2 is 1.86 bits per heavy atom. The van der Waals surface area contributed by atoms with E-state index in [-0.39, 0.29) is 6.47 Å². The van der Waals surface area contributed by atoms with Crippen LogP contribution in [0.4, 0.5) is 0 Å². The smallest absolute Gasteiger partial charge is 0.260 e. The molecule has 6 heteroatoms. The molecule has 0 heterocycles. The molecule has 0 aromatic carbocycles. The van der Waals surface area contributed by atoms with Gasteiger partial charge in [0.15, 0.2) is 33.7 Å². The molecule has 0 aliphatic carbocycles. The minimum atomic E-state index is -2.87. The monoisotopic (exact) mass is 181 g/mol. The molecule has 0 unspecified atom stereocenters. The van der Waals surface area contributed by atoms with Crippen molar-refractivity contribution in [3.63, 3.8) is 0 Å². The Bertz CT molecular complexity index is 67.8. The predicted octanol–water partition coefficient (Wildman–Crippen LogP) is 2.55. The van der Waals surface area contributed by atoms with E-state index in [2.05, 4.69) is 4.52 Å². The molecule has 0 atom stereocenters. The van der Waals surface area contributed by atoms with Gasteiger partial charge in [-0.05, 0) is 0 Å². The van der Waals surface area contributed by atoms with Gasteiger partial charge in [0.2, 0.25) is 0 Å². The molecule has 2 nitrogen and oxygen atoms in total. The van der Waals surface area contributed by atoms with Crippen LogP contribution in [0, 0.1) is 0 Å². The third kappa shape index (κ3) is 6.77. The Hall–Kier alpha value is 0.770. The summed E-state index contributed by atoms with van der Waals surface area (Å²) >= 11 is 15.1. The molecule has 0 saturated carbocycles. The second-order valence-corrected chi connectivity index (χ2v) is 7.45. The summed E-state index contributed by atoms with van der Waals surface area (Å²) < 4.78 is 3.96. The second kappa shape index (κ2) is 2.93. The van der Waals surface area contributed by atoms with E-state index in [1.54, 1.807) is 0 Å². The number of carbonyl (C=O) groups excluding carboxylic acids is 1. The van der Waals surface area contributed by atoms with Gasteiger partial charge in [-0.15, -0.1) is 0 Å². The summed E-state index contributed by atoms with van der Waals surface area (Å²) in [6, 6.07) is 0. The van der Waals surface area contributed by atoms with Gasteiger partial charge in [-0.3, -0.25) is 9.32 Å². The Balaban J connectivity index is 3.34. The Labute approximate surface area is 55.5 Å². The van der Waals surface area contributed by atoms with E-state index >= 15 is 0 Å². The summed E-state index contributed by atoms with van der Waals surface area (Å²) in [6.07, 6.45) is 0. The number of carbonyl (C=O) groups is 1. The van der Waals surface area contributed by atoms with Crippen molar-refractivity contribution in [3.05, 3.63) is 0 Å². The van der Waals surface area contributed by atoms with Gasteiger partial charge in [0.1, 0.15) is 0 Å². The summed E-state index contributed by atoms with van der Waals surface area (Å²) in [5.74, 6) is 0. The molecule has 0 radical (unpaired) electrons. The van der Waals surface area contributed by atoms with Crippen molar-refractivity contribution in [3.8, 4) is 0 Å². The highest BCUT2D eigenvalue weighted by Crippen LogP contribution is 2.74. The standard InChI is InChI=1S/CHCl3O2P/c2-7(3,4)6-1-5/h1H/q+1. The van der Waals surface area contributed by atoms with Crippen molar-refractivity contribution in [2.24, 2.45) is 0 Å². The van der Waals surface area contributed by atoms with Crippen LogP contribution in [0.1, 0.15) is 0 Å². The molecule has 0 amide bonds. The van der Waals surface area contributed by atoms with Gasteiger partial charge in [-0.2, -0.15) is 0 Å². The van der Waals surface area contributed by atoms with E-state index < -0.39 is 5.55 Å². The Morgan fingerprint density at radius 1 is 1.43 bits per heavy atom. The first kappa shape index (κ1) is 7.77. The molecular weight excluding hydrogens is 181 g/mol. The average Bonchev–Trinajstić information content (AvgIpc) is 1.30. The highest BCUT2D eigenvalue weighted by atomic mass is 36.1. The van der Waals surface area contributed by atoms with Crippen LogP contribution in [0.25, 0.3) is 0 Å². The first-order valence-corrected chi connectivity index (χ1v) is 5.58. The zero-order valence-electron chi connectivity index (χ0n) is 2.97. The van der Waals surface area contributed by atoms with E-state index in [1.807, 2.05) is 0 Å². The molecule has 0 bridgehead atoms. The SMILES string of the molecule is O=CO[P+](Cl)(Cl)Cl. The van der Waals surface area contributed by atoms with Gasteiger partial charge >= 0.3 is 12.0 Å². The molecule has 0 spiro atoms. The fraction of sp³-hybridized carbons (Fsp3) is 0. The molecule has 7 heavy (non-hydrogen) atoms. The summed E-state index contributed by atoms with van der Waals surface area (Å²) in [5.41, 5.74) is -2.87. The van der Waals surface area contributed by atoms with Crippen LogP contribution in [0.3, 0.4) is 0 Å². The fourth-order valence-electron chi connectivity index (χ4n) is 0.0488. The molecule has 0 saturated heterocycles. The van der Waals surface area contributed by atoms with Crippen molar-refractivity contribution in [2.45, 2.75) is 0 Å². The lowest BCUT2D eigenvalue weighted by atomic mass is 11.7. The van der Waals surface area contributed by atoms with Crippen molar-refractivity contribution in [2.75, 3.05) is 0 Å². The minimum absolute atomic E-state index is 0.112. The first-order valence-electron chi connectivity index (χ1n) is 1.16. The lowest BCUT2D eigenvalue weighted by Gasteiger charge is -1.88. The topological polar surface area (TPSA) is 26.3 Å². The van der Waals surface area contributed by atoms with Crippen LogP contribution >= 0.6 is 39.3 Å². The summed E-state index contributed by atoms with van der Waals surface area (Å²) in [6.45, 7) is 0.112. The van der Waals surface area contributed by atoms with Crippen LogP contribution in [-0.4, -0.2) is 6.47 Å². The maximum atomic E-state index is 9.37. The fourth-order valence-corrected chi connectivity index (χ4v) is 0.439. The maximum absolute atomic E-state index is 9.37. The molecule has 0 aliphatic heterocycles. The number of halogens is 3. The quantitative estimate of drug-likeness (QED) is 0.484. The summed E-state index contributed by atoms with van der Waals surface area (Å²) in [4.78, 5) is 9.37. The highest BCUT2D eigenvalue weighted by molar-refractivity contribution is 8.30. The van der Waals surface area contributed by atoms with Crippen molar-refractivity contribution in [1.29, 1.82) is 0 Å². The summed E-state index contributed by atoms with van der Waals surface area (Å²) in [7, 11) is 0. The molecule has 0 fully saturated rings. The van der Waals surface area contributed by atoms with Gasteiger partial charge in [0.05, 0.1) is 0 Å². The van der Waals surface area contributed by atoms with Gasteiger partial charge in [-0.1, -0.05) is 0 Å². The number of hydrogen-bond donors (Lipinski definition) is 0. The van der Waals surface area contributed by atoms with Crippen LogP contribution in [0.15, 0.2) is 0 Å². The van der Waals surface area contributed by atoms with Gasteiger partial charge in [0, 0.05) is 0 Å². The van der Waals surface area contributed by atoms with Gasteiger partial charge < -0.3 is 0 Å². The number of rotatable bonds is 2. The average molecular weight is 182 g/mol. The van der Waals surface area contributed by atoms with E-state index in [0.717, 1.165) is 0 Å². The lowest BCUT2D eigenvalue weighted by Crippen LogP contribution is -1.71. The third-order valence-electron chi connectivity index (χ3n) is 0.163. The molecule has 0 aromatic heterocycles. The lowest BCUT2D eigenvalue weighted by molar-refractivity contribution is -0.119. The van der Waals surface area contributed by atoms with E-state index in [1.165, 1.54) is 0 Å². The van der Waals surface area contributed by atoms with Crippen molar-refractivity contribution >= 4 is 45.7 Å². The van der Waals surface area contributed by atoms with Crippen molar-refractivity contribution in [1.82, 2.24) is 0 Å². The Morgan fingerprint density at radius 3 is 1.86 bits per heavy atom. The molecule has 42 valence electrons. The van der Waals surface area contributed by atoms with Gasteiger partial charge in [0.25, 0.3) is 0 Å². The normalized spacial score (nSPS) is 10.7. The van der Waals surface area contributed by atoms with Crippen LogP contribution < -0.4 is 0 Å². The zero-order valence-corrected chi connectivity index (χ0v) is 6.14. The molecule has 0 aromatic rings. The molecule has 0 aliphatic rings. The minimum Gasteiger partial charge on any atom is -0.260 e. The summed E-state index contributed by atoms with van der Waals surface area (Å²) in [5, 5.41) is 0. The van der Waals surface area contributed by atoms with Gasteiger partial charge in [-0.25, -0.2) is 0 Å². The van der Waals surface area contributed by atoms with E-state index in [9.17, 15) is 4.79 Å². The van der Waals surface area contributed by atoms with Crippen molar-refractivity contribution < 1.29 is 9.32 Å². The zero-order chi connectivity index (χ0) is 5.91. The predicted molar refractivity (Wildman–Crippen MR) is 31.6 cm³/mol. The number of hydrogen-bond acceptors (Lipinski definition) is 2. The largest absolute Gasteiger partial charge is 0.485 e. The molecule has 0 rings (SSSR count). The van der Waals surface area contributed by atoms with Crippen LogP contribution in [0.2, 0.25) is 0 Å². The highest BCUT2D eigenvalue weighted by Gasteiger charge is 2.35. The van der Waals surface area contributed by atoms with Crippen LogP contribution in [-0.2, 0) is 9.32 Å². The van der Waals surface area contributed by atoms with Crippen LogP contribution in [0.5, 0.6) is 0 Å². The third-order valence-corrected chi connectivity index (χ3v) is 1.20. The van der Waals surface area contributed by atoms with E-state index in [4.69, 9.17) is 33.7 Å². The second-order valence-electron chi connectivity index (χ2n) is 0.600.